The number of hydrogen-bond acceptors (Lipinski definition) is 12. The number of aryl methyl sites for hydroxylation is 1. The molecule has 7 rings (SSSR count). The molecule has 3 heterocycles. The Bertz CT molecular complexity index is 2000. The minimum absolute atomic E-state index is 0.0146. The van der Waals surface area contributed by atoms with Crippen molar-refractivity contribution < 1.29 is 24.9 Å². The van der Waals surface area contributed by atoms with Gasteiger partial charge < -0.3 is 35.3 Å². The number of esters is 1. The van der Waals surface area contributed by atoms with E-state index in [0.29, 0.717) is 33.2 Å². The van der Waals surface area contributed by atoms with Crippen LogP contribution < -0.4 is 10.2 Å². The number of rotatable bonds is 14. The van der Waals surface area contributed by atoms with Gasteiger partial charge in [0.1, 0.15) is 22.9 Å². The lowest BCUT2D eigenvalue weighted by atomic mass is 9.84. The van der Waals surface area contributed by atoms with E-state index in [1.807, 2.05) is 40.4 Å². The molecule has 2 aliphatic rings. The molecule has 0 spiro atoms. The van der Waals surface area contributed by atoms with E-state index >= 15 is 0 Å². The number of fused-ring (bicyclic) bond motifs is 2. The summed E-state index contributed by atoms with van der Waals surface area (Å²) in [5.41, 5.74) is 2.20. The predicted octanol–water partition coefficient (Wildman–Crippen LogP) is 5.18. The quantitative estimate of drug-likeness (QED) is 0.0961. The number of carbonyl (C=O) groups excluding carboxylic acids is 1. The van der Waals surface area contributed by atoms with E-state index in [0.717, 1.165) is 98.8 Å². The molecular weight excluding hydrogens is 689 g/mol. The van der Waals surface area contributed by atoms with Crippen LogP contribution in [-0.4, -0.2) is 78.4 Å². The molecule has 2 saturated carbocycles. The minimum atomic E-state index is -1.54. The molecule has 0 unspecified atom stereocenters. The van der Waals surface area contributed by atoms with E-state index in [4.69, 9.17) is 4.74 Å². The van der Waals surface area contributed by atoms with Crippen molar-refractivity contribution >= 4 is 49.9 Å². The SMILES string of the molecule is CN(CCCn1nnc2cc(CNC[C@H](O)c3ccc(O)c4[nH]c(=O)sc34)ccc21)C1CCC(OC(=O)[C@](O)(c2cccs2)C2CCCC2)CC1. The number of H-pyrrole nitrogens is 1. The molecule has 2 fully saturated rings. The predicted molar refractivity (Wildman–Crippen MR) is 198 cm³/mol. The topological polar surface area (TPSA) is 166 Å². The summed E-state index contributed by atoms with van der Waals surface area (Å²) in [4.78, 5) is 30.7. The fraction of sp³-hybridized carbons (Fsp3) is 0.514. The van der Waals surface area contributed by atoms with Gasteiger partial charge in [0.25, 0.3) is 0 Å². The highest BCUT2D eigenvalue weighted by molar-refractivity contribution is 7.16. The number of benzene rings is 2. The molecule has 0 bridgehead atoms. The summed E-state index contributed by atoms with van der Waals surface area (Å²) in [5.74, 6) is -0.565. The van der Waals surface area contributed by atoms with E-state index in [9.17, 15) is 24.9 Å². The number of aromatic amines is 1. The van der Waals surface area contributed by atoms with Crippen molar-refractivity contribution in [2.24, 2.45) is 5.92 Å². The molecule has 0 amide bonds. The molecule has 2 aromatic carbocycles. The van der Waals surface area contributed by atoms with Crippen LogP contribution in [0.25, 0.3) is 21.3 Å². The zero-order valence-corrected chi connectivity index (χ0v) is 30.4. The fourth-order valence-electron chi connectivity index (χ4n) is 7.86. The number of thiophene rings is 1. The lowest BCUT2D eigenvalue weighted by molar-refractivity contribution is -0.180. The Kier molecular flexibility index (Phi) is 10.9. The van der Waals surface area contributed by atoms with Crippen LogP contribution in [0.5, 0.6) is 5.75 Å². The smallest absolute Gasteiger partial charge is 0.344 e. The van der Waals surface area contributed by atoms with Gasteiger partial charge in [-0.25, -0.2) is 9.48 Å². The van der Waals surface area contributed by atoms with E-state index in [2.05, 4.69) is 32.6 Å². The Balaban J connectivity index is 0.854. The van der Waals surface area contributed by atoms with Gasteiger partial charge in [-0.2, -0.15) is 0 Å². The van der Waals surface area contributed by atoms with Crippen molar-refractivity contribution in [3.63, 3.8) is 0 Å². The number of ether oxygens (including phenoxy) is 1. The molecule has 0 saturated heterocycles. The van der Waals surface area contributed by atoms with Gasteiger partial charge in [0, 0.05) is 42.0 Å². The van der Waals surface area contributed by atoms with Crippen LogP contribution in [0.3, 0.4) is 0 Å². The van der Waals surface area contributed by atoms with Crippen LogP contribution in [-0.2, 0) is 28.2 Å². The Hall–Kier alpha value is -3.66. The molecule has 51 heavy (non-hydrogen) atoms. The number of nitrogens with zero attached hydrogens (tertiary/aromatic N) is 4. The molecule has 5 N–H and O–H groups in total. The standard InChI is InChI=1S/C37H46N6O6S2/c1-42(25-10-12-26(13-11-25)49-35(46)37(48,24-6-2-3-7-24)32-8-4-19-50-32)17-5-18-43-29-15-9-23(20-28(29)40-41-43)21-38-22-31(45)27-14-16-30(44)33-34(27)51-36(47)39-33/h4,8-9,14-16,19-20,24-26,31,38,44-45,48H,2-3,5-7,10-13,17-18,21-22H2,1H3,(H,39,47)/t25?,26?,31-,37+/m0/s1. The second-order valence-electron chi connectivity index (χ2n) is 14.1. The van der Waals surface area contributed by atoms with E-state index in [-0.39, 0.29) is 29.2 Å². The molecular formula is C37H46N6O6S2. The third-order valence-electron chi connectivity index (χ3n) is 10.8. The first-order chi connectivity index (χ1) is 24.7. The van der Waals surface area contributed by atoms with Gasteiger partial charge in [-0.3, -0.25) is 4.79 Å². The van der Waals surface area contributed by atoms with Gasteiger partial charge in [0.05, 0.1) is 16.3 Å². The average Bonchev–Trinajstić information content (AvgIpc) is 3.96. The van der Waals surface area contributed by atoms with Gasteiger partial charge in [-0.1, -0.05) is 47.6 Å². The van der Waals surface area contributed by atoms with Gasteiger partial charge >= 0.3 is 10.8 Å². The number of hydrogen-bond donors (Lipinski definition) is 5. The van der Waals surface area contributed by atoms with Crippen LogP contribution in [0.2, 0.25) is 0 Å². The number of aromatic hydroxyl groups is 1. The third kappa shape index (κ3) is 7.62. The van der Waals surface area contributed by atoms with Crippen molar-refractivity contribution in [1.29, 1.82) is 0 Å². The average molecular weight is 735 g/mol. The number of aromatic nitrogens is 4. The van der Waals surface area contributed by atoms with Crippen LogP contribution in [0.4, 0.5) is 0 Å². The maximum absolute atomic E-state index is 13.4. The van der Waals surface area contributed by atoms with Crippen molar-refractivity contribution in [1.82, 2.24) is 30.2 Å². The zero-order valence-electron chi connectivity index (χ0n) is 28.8. The van der Waals surface area contributed by atoms with Gasteiger partial charge in [0.2, 0.25) is 0 Å². The lowest BCUT2D eigenvalue weighted by Gasteiger charge is -2.37. The number of thiazole rings is 1. The minimum Gasteiger partial charge on any atom is -0.506 e. The number of carbonyl (C=O) groups is 1. The second kappa shape index (κ2) is 15.5. The van der Waals surface area contributed by atoms with Crippen molar-refractivity contribution in [2.45, 2.75) is 94.7 Å². The van der Waals surface area contributed by atoms with Crippen LogP contribution >= 0.6 is 22.7 Å². The summed E-state index contributed by atoms with van der Waals surface area (Å²) < 4.78 is 8.52. The summed E-state index contributed by atoms with van der Waals surface area (Å²) in [7, 11) is 2.16. The molecule has 5 aromatic rings. The molecule has 14 heteroatoms. The molecule has 3 aromatic heterocycles. The molecule has 272 valence electrons. The first-order valence-corrected chi connectivity index (χ1v) is 19.6. The second-order valence-corrected chi connectivity index (χ2v) is 16.0. The van der Waals surface area contributed by atoms with E-state index < -0.39 is 17.7 Å². The lowest BCUT2D eigenvalue weighted by Crippen LogP contribution is -2.45. The molecule has 2 atom stereocenters. The summed E-state index contributed by atoms with van der Waals surface area (Å²) >= 11 is 2.41. The first-order valence-electron chi connectivity index (χ1n) is 17.9. The highest BCUT2D eigenvalue weighted by Gasteiger charge is 2.49. The van der Waals surface area contributed by atoms with Gasteiger partial charge in [0.15, 0.2) is 5.60 Å². The summed E-state index contributed by atoms with van der Waals surface area (Å²) in [6.45, 7) is 2.45. The molecule has 0 aliphatic heterocycles. The largest absolute Gasteiger partial charge is 0.506 e. The van der Waals surface area contributed by atoms with E-state index in [1.54, 1.807) is 6.07 Å². The normalized spacial score (nSPS) is 20.3. The molecule has 12 nitrogen and oxygen atoms in total. The fourth-order valence-corrected chi connectivity index (χ4v) is 9.67. The number of aliphatic hydroxyl groups excluding tert-OH is 1. The highest BCUT2D eigenvalue weighted by Crippen LogP contribution is 2.44. The Morgan fingerprint density at radius 2 is 1.96 bits per heavy atom. The maximum Gasteiger partial charge on any atom is 0.344 e. The molecule has 0 radical (unpaired) electrons. The van der Waals surface area contributed by atoms with Crippen molar-refractivity contribution in [3.8, 4) is 5.75 Å². The van der Waals surface area contributed by atoms with E-state index in [1.165, 1.54) is 17.4 Å². The Labute approximate surface area is 304 Å². The van der Waals surface area contributed by atoms with Crippen LogP contribution in [0.15, 0.2) is 52.6 Å². The zero-order chi connectivity index (χ0) is 35.5. The molecule has 2 aliphatic carbocycles. The van der Waals surface area contributed by atoms with Crippen LogP contribution in [0.1, 0.15) is 79.9 Å². The van der Waals surface area contributed by atoms with Gasteiger partial charge in [-0.15, -0.1) is 16.4 Å². The first kappa shape index (κ1) is 35.7. The number of nitrogens with one attached hydrogen (secondary N) is 2. The maximum atomic E-state index is 13.4. The number of aliphatic hydroxyl groups is 2. The summed E-state index contributed by atoms with van der Waals surface area (Å²) in [6, 6.07) is 13.4. The monoisotopic (exact) mass is 734 g/mol. The number of phenolic OH excluding ortho intramolecular Hbond substituents is 1. The highest BCUT2D eigenvalue weighted by atomic mass is 32.1. The third-order valence-corrected chi connectivity index (χ3v) is 12.7. The number of phenols is 1. The van der Waals surface area contributed by atoms with Crippen molar-refractivity contribution in [3.05, 3.63) is 73.5 Å². The van der Waals surface area contributed by atoms with Gasteiger partial charge in [-0.05, 0) is 93.7 Å². The summed E-state index contributed by atoms with van der Waals surface area (Å²) in [6.07, 6.45) is 7.18. The Morgan fingerprint density at radius 3 is 2.73 bits per heavy atom. The summed E-state index contributed by atoms with van der Waals surface area (Å²) in [5, 5.41) is 46.5. The van der Waals surface area contributed by atoms with Crippen molar-refractivity contribution in [2.75, 3.05) is 20.1 Å². The Morgan fingerprint density at radius 1 is 1.16 bits per heavy atom. The van der Waals surface area contributed by atoms with Crippen LogP contribution in [0, 0.1) is 5.92 Å².